The number of anilines is 2. The third-order valence-corrected chi connectivity index (χ3v) is 6.95. The molecule has 1 N–H and O–H groups in total. The molecular formula is C27H32N2O5S. The quantitative estimate of drug-likeness (QED) is 0.425. The van der Waals surface area contributed by atoms with E-state index in [1.54, 1.807) is 0 Å². The van der Waals surface area contributed by atoms with Gasteiger partial charge in [-0.2, -0.15) is 0 Å². The Bertz CT molecular complexity index is 1270. The Morgan fingerprint density at radius 3 is 1.97 bits per heavy atom. The van der Waals surface area contributed by atoms with Crippen molar-refractivity contribution < 1.29 is 22.7 Å². The maximum atomic E-state index is 13.7. The van der Waals surface area contributed by atoms with Crippen molar-refractivity contribution >= 4 is 27.3 Å². The molecule has 0 atom stereocenters. The van der Waals surface area contributed by atoms with Crippen LogP contribution in [0.3, 0.4) is 0 Å². The lowest BCUT2D eigenvalue weighted by Gasteiger charge is -2.26. The minimum absolute atomic E-state index is 0.0567. The maximum Gasteiger partial charge on any atom is 0.257 e. The second-order valence-electron chi connectivity index (χ2n) is 8.09. The maximum absolute atomic E-state index is 13.7. The number of hydrogen-bond donors (Lipinski definition) is 1. The molecule has 0 bridgehead atoms. The van der Waals surface area contributed by atoms with Crippen LogP contribution in [-0.4, -0.2) is 34.8 Å². The molecule has 0 aromatic heterocycles. The zero-order valence-corrected chi connectivity index (χ0v) is 21.6. The predicted octanol–water partition coefficient (Wildman–Crippen LogP) is 5.05. The van der Waals surface area contributed by atoms with Crippen LogP contribution in [0.1, 0.15) is 40.9 Å². The van der Waals surface area contributed by atoms with Gasteiger partial charge in [0.15, 0.2) is 11.5 Å². The first-order chi connectivity index (χ1) is 16.7. The highest BCUT2D eigenvalue weighted by Crippen LogP contribution is 2.37. The number of aryl methyl sites for hydroxylation is 2. The van der Waals surface area contributed by atoms with Crippen LogP contribution in [0, 0.1) is 0 Å². The number of sulfonamides is 1. The summed E-state index contributed by atoms with van der Waals surface area (Å²) >= 11 is 0. The lowest BCUT2D eigenvalue weighted by atomic mass is 10.0. The Morgan fingerprint density at radius 1 is 0.886 bits per heavy atom. The molecule has 0 aliphatic rings. The summed E-state index contributed by atoms with van der Waals surface area (Å²) in [6, 6.07) is 18.2. The van der Waals surface area contributed by atoms with Crippen LogP contribution in [0.5, 0.6) is 11.5 Å². The molecule has 0 aliphatic heterocycles. The molecule has 8 heteroatoms. The zero-order valence-electron chi connectivity index (χ0n) is 20.8. The van der Waals surface area contributed by atoms with E-state index in [1.165, 1.54) is 30.7 Å². The number of nitrogens with one attached hydrogen (secondary N) is 1. The van der Waals surface area contributed by atoms with E-state index in [0.717, 1.165) is 41.5 Å². The molecule has 0 radical (unpaired) electrons. The molecule has 0 aliphatic carbocycles. The summed E-state index contributed by atoms with van der Waals surface area (Å²) in [5.41, 5.74) is 3.91. The van der Waals surface area contributed by atoms with E-state index in [-0.39, 0.29) is 17.8 Å². The number of ether oxygens (including phenoxy) is 2. The number of carbonyl (C=O) groups excluding carboxylic acids is 1. The molecule has 3 rings (SSSR count). The van der Waals surface area contributed by atoms with Crippen LogP contribution in [0.4, 0.5) is 11.4 Å². The van der Waals surface area contributed by atoms with Gasteiger partial charge in [-0.15, -0.1) is 0 Å². The molecule has 0 fully saturated rings. The van der Waals surface area contributed by atoms with Gasteiger partial charge in [0, 0.05) is 11.8 Å². The average Bonchev–Trinajstić information content (AvgIpc) is 2.86. The van der Waals surface area contributed by atoms with Gasteiger partial charge in [-0.1, -0.05) is 62.4 Å². The predicted molar refractivity (Wildman–Crippen MR) is 140 cm³/mol. The van der Waals surface area contributed by atoms with E-state index in [0.29, 0.717) is 11.5 Å². The zero-order chi connectivity index (χ0) is 25.6. The van der Waals surface area contributed by atoms with E-state index < -0.39 is 15.9 Å². The average molecular weight is 497 g/mol. The fourth-order valence-electron chi connectivity index (χ4n) is 3.97. The summed E-state index contributed by atoms with van der Waals surface area (Å²) in [7, 11) is -0.820. The highest BCUT2D eigenvalue weighted by molar-refractivity contribution is 7.92. The Hall–Kier alpha value is -3.52. The van der Waals surface area contributed by atoms with Crippen molar-refractivity contribution in [2.75, 3.05) is 30.1 Å². The first-order valence-electron chi connectivity index (χ1n) is 11.4. The monoisotopic (exact) mass is 496 g/mol. The normalized spacial score (nSPS) is 11.1. The second-order valence-corrected chi connectivity index (χ2v) is 10.00. The van der Waals surface area contributed by atoms with Gasteiger partial charge in [0.1, 0.15) is 0 Å². The Morgan fingerprint density at radius 2 is 1.46 bits per heavy atom. The van der Waals surface area contributed by atoms with Crippen molar-refractivity contribution in [2.24, 2.45) is 0 Å². The van der Waals surface area contributed by atoms with Crippen LogP contribution in [-0.2, 0) is 29.4 Å². The lowest BCUT2D eigenvalue weighted by molar-refractivity contribution is 0.102. The van der Waals surface area contributed by atoms with Crippen molar-refractivity contribution in [2.45, 2.75) is 33.2 Å². The van der Waals surface area contributed by atoms with Gasteiger partial charge >= 0.3 is 0 Å². The van der Waals surface area contributed by atoms with Crippen molar-refractivity contribution in [3.8, 4) is 11.5 Å². The Balaban J connectivity index is 2.18. The van der Waals surface area contributed by atoms with Crippen LogP contribution < -0.4 is 19.1 Å². The highest BCUT2D eigenvalue weighted by Gasteiger charge is 2.27. The van der Waals surface area contributed by atoms with E-state index in [4.69, 9.17) is 9.47 Å². The summed E-state index contributed by atoms with van der Waals surface area (Å²) in [5, 5.41) is 3.04. The van der Waals surface area contributed by atoms with Crippen molar-refractivity contribution in [1.29, 1.82) is 0 Å². The number of methoxy groups -OCH3 is 2. The number of rotatable bonds is 10. The van der Waals surface area contributed by atoms with Crippen LogP contribution in [0.15, 0.2) is 60.7 Å². The van der Waals surface area contributed by atoms with Crippen molar-refractivity contribution in [3.63, 3.8) is 0 Å². The van der Waals surface area contributed by atoms with Gasteiger partial charge in [0.2, 0.25) is 10.0 Å². The molecule has 0 spiro atoms. The van der Waals surface area contributed by atoms with Gasteiger partial charge in [0.05, 0.1) is 38.3 Å². The van der Waals surface area contributed by atoms with Crippen LogP contribution in [0.2, 0.25) is 0 Å². The first-order valence-corrected chi connectivity index (χ1v) is 13.3. The Labute approximate surface area is 207 Å². The van der Waals surface area contributed by atoms with Crippen LogP contribution in [0.25, 0.3) is 0 Å². The smallest absolute Gasteiger partial charge is 0.257 e. The van der Waals surface area contributed by atoms with Crippen molar-refractivity contribution in [1.82, 2.24) is 0 Å². The molecule has 3 aromatic rings. The molecule has 35 heavy (non-hydrogen) atoms. The fraction of sp³-hybridized carbons (Fsp3) is 0.296. The number of para-hydroxylation sites is 1. The molecule has 0 saturated heterocycles. The minimum Gasteiger partial charge on any atom is -0.493 e. The van der Waals surface area contributed by atoms with Crippen LogP contribution >= 0.6 is 0 Å². The number of benzene rings is 3. The van der Waals surface area contributed by atoms with Crippen molar-refractivity contribution in [3.05, 3.63) is 82.9 Å². The van der Waals surface area contributed by atoms with E-state index in [2.05, 4.69) is 5.32 Å². The summed E-state index contributed by atoms with van der Waals surface area (Å²) in [6.07, 6.45) is 2.60. The minimum atomic E-state index is -3.76. The highest BCUT2D eigenvalue weighted by atomic mass is 32.2. The third kappa shape index (κ3) is 5.95. The van der Waals surface area contributed by atoms with Gasteiger partial charge in [-0.3, -0.25) is 9.10 Å². The summed E-state index contributed by atoms with van der Waals surface area (Å²) in [4.78, 5) is 13.7. The summed E-state index contributed by atoms with van der Waals surface area (Å²) in [6.45, 7) is 4.11. The lowest BCUT2D eigenvalue weighted by Crippen LogP contribution is -2.31. The molecule has 0 unspecified atom stereocenters. The second kappa shape index (κ2) is 11.3. The molecule has 0 saturated carbocycles. The van der Waals surface area contributed by atoms with E-state index >= 15 is 0 Å². The number of nitrogens with zero attached hydrogens (tertiary/aromatic N) is 1. The van der Waals surface area contributed by atoms with E-state index in [1.807, 2.05) is 62.4 Å². The van der Waals surface area contributed by atoms with Gasteiger partial charge in [0.25, 0.3) is 5.91 Å². The molecule has 0 heterocycles. The van der Waals surface area contributed by atoms with Gasteiger partial charge in [-0.25, -0.2) is 8.42 Å². The number of carbonyl (C=O) groups is 1. The topological polar surface area (TPSA) is 84.9 Å². The molecule has 1 amide bonds. The molecule has 3 aromatic carbocycles. The van der Waals surface area contributed by atoms with Gasteiger partial charge in [-0.05, 0) is 35.6 Å². The largest absolute Gasteiger partial charge is 0.493 e. The fourth-order valence-corrected chi connectivity index (χ4v) is 4.86. The summed E-state index contributed by atoms with van der Waals surface area (Å²) < 4.78 is 38.0. The first kappa shape index (κ1) is 26.1. The SMILES string of the molecule is CCc1cccc(CC)c1NC(=O)c1cc(OC)c(OC)cc1N(Cc1ccccc1)S(C)(=O)=O. The van der Waals surface area contributed by atoms with E-state index in [9.17, 15) is 13.2 Å². The molecule has 7 nitrogen and oxygen atoms in total. The Kier molecular flexibility index (Phi) is 8.40. The molecule has 186 valence electrons. The number of amides is 1. The molecular weight excluding hydrogens is 464 g/mol. The standard InChI is InChI=1S/C27H32N2O5S/c1-6-20-14-11-15-21(7-2)26(20)28-27(30)22-16-24(33-3)25(34-4)17-23(22)29(35(5,31)32)18-19-12-9-8-10-13-19/h8-17H,6-7,18H2,1-5H3,(H,28,30). The number of hydrogen-bond acceptors (Lipinski definition) is 5. The summed E-state index contributed by atoms with van der Waals surface area (Å²) in [5.74, 6) is 0.219. The van der Waals surface area contributed by atoms with Gasteiger partial charge < -0.3 is 14.8 Å². The third-order valence-electron chi connectivity index (χ3n) is 5.82.